The smallest absolute Gasteiger partial charge is 0.333 e. The van der Waals surface area contributed by atoms with Gasteiger partial charge in [0.1, 0.15) is 0 Å². The van der Waals surface area contributed by atoms with Crippen LogP contribution in [0.4, 0.5) is 0 Å². The van der Waals surface area contributed by atoms with Gasteiger partial charge in [0.25, 0.3) is 0 Å². The zero-order valence-electron chi connectivity index (χ0n) is 16.3. The van der Waals surface area contributed by atoms with E-state index in [2.05, 4.69) is 6.92 Å². The molecule has 4 aliphatic carbocycles. The number of methoxy groups -OCH3 is 3. The summed E-state index contributed by atoms with van der Waals surface area (Å²) in [5, 5.41) is 0. The number of rotatable bonds is 4. The maximum atomic E-state index is 12.8. The van der Waals surface area contributed by atoms with Crippen LogP contribution in [0.3, 0.4) is 0 Å². The van der Waals surface area contributed by atoms with Crippen molar-refractivity contribution in [3.8, 4) is 0 Å². The summed E-state index contributed by atoms with van der Waals surface area (Å²) in [6.07, 6.45) is 5.83. The molecule has 0 spiro atoms. The van der Waals surface area contributed by atoms with Crippen LogP contribution >= 0.6 is 0 Å². The van der Waals surface area contributed by atoms with Crippen LogP contribution in [-0.4, -0.2) is 39.2 Å². The molecule has 4 bridgehead atoms. The first-order valence-electron chi connectivity index (χ1n) is 9.02. The summed E-state index contributed by atoms with van der Waals surface area (Å²) in [6.45, 7) is 3.86. The van der Waals surface area contributed by atoms with Crippen molar-refractivity contribution in [3.63, 3.8) is 0 Å². The third-order valence-corrected chi connectivity index (χ3v) is 6.63. The molecule has 4 rings (SSSR count). The average molecular weight is 364 g/mol. The maximum Gasteiger partial charge on any atom is 0.333 e. The Morgan fingerprint density at radius 2 is 1.27 bits per heavy atom. The van der Waals surface area contributed by atoms with Gasteiger partial charge in [0.05, 0.1) is 32.2 Å². The number of allylic oxidation sites excluding steroid dienone is 1. The van der Waals surface area contributed by atoms with E-state index >= 15 is 0 Å². The molecule has 0 aromatic carbocycles. The van der Waals surface area contributed by atoms with Crippen molar-refractivity contribution in [2.75, 3.05) is 21.3 Å². The van der Waals surface area contributed by atoms with Gasteiger partial charge in [0.2, 0.25) is 0 Å². The fraction of sp³-hybridized carbons (Fsp3) is 0.750. The van der Waals surface area contributed by atoms with Gasteiger partial charge in [-0.1, -0.05) is 13.0 Å². The van der Waals surface area contributed by atoms with Crippen molar-refractivity contribution in [1.82, 2.24) is 0 Å². The van der Waals surface area contributed by atoms with Crippen LogP contribution in [-0.2, 0) is 28.6 Å². The summed E-state index contributed by atoms with van der Waals surface area (Å²) in [4.78, 5) is 37.6. The Labute approximate surface area is 154 Å². The van der Waals surface area contributed by atoms with Crippen LogP contribution in [0.25, 0.3) is 0 Å². The fourth-order valence-corrected chi connectivity index (χ4v) is 6.93. The molecule has 0 saturated heterocycles. The highest BCUT2D eigenvalue weighted by Crippen LogP contribution is 2.74. The van der Waals surface area contributed by atoms with Gasteiger partial charge in [-0.05, 0) is 56.3 Å². The molecule has 2 unspecified atom stereocenters. The molecule has 0 aliphatic heterocycles. The van der Waals surface area contributed by atoms with E-state index in [-0.39, 0.29) is 23.3 Å². The van der Waals surface area contributed by atoms with Gasteiger partial charge in [0.15, 0.2) is 0 Å². The predicted octanol–water partition coefficient (Wildman–Crippen LogP) is 2.80. The SMILES string of the molecule is COC(=O)/C(C)=C/C12CC3(C)CC(C(=O)OC)(C1)CC(C(=O)OC)(C3)C2. The maximum absolute atomic E-state index is 12.8. The topological polar surface area (TPSA) is 78.9 Å². The van der Waals surface area contributed by atoms with E-state index in [1.54, 1.807) is 6.92 Å². The van der Waals surface area contributed by atoms with Crippen molar-refractivity contribution in [2.45, 2.75) is 52.4 Å². The van der Waals surface area contributed by atoms with Crippen molar-refractivity contribution in [3.05, 3.63) is 11.6 Å². The number of hydrogen-bond donors (Lipinski definition) is 0. The first-order chi connectivity index (χ1) is 12.1. The fourth-order valence-electron chi connectivity index (χ4n) is 6.93. The molecular weight excluding hydrogens is 336 g/mol. The number of ether oxygens (including phenoxy) is 3. The van der Waals surface area contributed by atoms with E-state index in [4.69, 9.17) is 14.2 Å². The van der Waals surface area contributed by atoms with Gasteiger partial charge in [0, 0.05) is 5.57 Å². The Hall–Kier alpha value is -1.85. The molecule has 4 fully saturated rings. The second-order valence-corrected chi connectivity index (χ2v) is 9.10. The van der Waals surface area contributed by atoms with Crippen molar-refractivity contribution in [2.24, 2.45) is 21.7 Å². The second kappa shape index (κ2) is 5.83. The highest BCUT2D eigenvalue weighted by Gasteiger charge is 2.71. The minimum absolute atomic E-state index is 0.177. The van der Waals surface area contributed by atoms with E-state index < -0.39 is 16.2 Å². The summed E-state index contributed by atoms with van der Waals surface area (Å²) >= 11 is 0. The molecule has 144 valence electrons. The first-order valence-corrected chi connectivity index (χ1v) is 9.02. The van der Waals surface area contributed by atoms with Crippen molar-refractivity contribution >= 4 is 17.9 Å². The lowest BCUT2D eigenvalue weighted by atomic mass is 9.35. The molecule has 6 nitrogen and oxygen atoms in total. The minimum Gasteiger partial charge on any atom is -0.469 e. The summed E-state index contributed by atoms with van der Waals surface area (Å²) in [5.74, 6) is -0.903. The lowest BCUT2D eigenvalue weighted by Crippen LogP contribution is -2.64. The Balaban J connectivity index is 2.14. The number of esters is 3. The van der Waals surface area contributed by atoms with E-state index in [0.717, 1.165) is 6.42 Å². The zero-order chi connectivity index (χ0) is 19.4. The largest absolute Gasteiger partial charge is 0.469 e. The minimum atomic E-state index is -0.709. The van der Waals surface area contributed by atoms with Gasteiger partial charge in [-0.15, -0.1) is 0 Å². The molecule has 0 radical (unpaired) electrons. The molecular formula is C20H28O6. The monoisotopic (exact) mass is 364 g/mol. The van der Waals surface area contributed by atoms with E-state index in [1.165, 1.54) is 21.3 Å². The first kappa shape index (κ1) is 18.9. The molecule has 4 saturated carbocycles. The number of carbonyl (C=O) groups excluding carboxylic acids is 3. The van der Waals surface area contributed by atoms with E-state index in [1.807, 2.05) is 6.08 Å². The van der Waals surface area contributed by atoms with E-state index in [9.17, 15) is 14.4 Å². The Morgan fingerprint density at radius 3 is 1.69 bits per heavy atom. The Morgan fingerprint density at radius 1 is 0.769 bits per heavy atom. The van der Waals surface area contributed by atoms with Gasteiger partial charge in [-0.25, -0.2) is 4.79 Å². The molecule has 6 heteroatoms. The average Bonchev–Trinajstić information content (AvgIpc) is 2.56. The Kier molecular flexibility index (Phi) is 4.24. The van der Waals surface area contributed by atoms with Crippen LogP contribution in [0.15, 0.2) is 11.6 Å². The zero-order valence-corrected chi connectivity index (χ0v) is 16.3. The highest BCUT2D eigenvalue weighted by molar-refractivity contribution is 5.88. The van der Waals surface area contributed by atoms with Gasteiger partial charge in [-0.2, -0.15) is 0 Å². The molecule has 0 aromatic heterocycles. The normalized spacial score (nSPS) is 40.9. The lowest BCUT2D eigenvalue weighted by Gasteiger charge is -2.67. The Bertz CT molecular complexity index is 658. The molecule has 4 aliphatic rings. The van der Waals surface area contributed by atoms with Crippen molar-refractivity contribution in [1.29, 1.82) is 0 Å². The third-order valence-electron chi connectivity index (χ3n) is 6.63. The summed E-state index contributed by atoms with van der Waals surface area (Å²) < 4.78 is 15.2. The molecule has 0 aromatic rings. The summed E-state index contributed by atoms with van der Waals surface area (Å²) in [5.41, 5.74) is -1.49. The lowest BCUT2D eigenvalue weighted by molar-refractivity contribution is -0.214. The summed E-state index contributed by atoms with van der Waals surface area (Å²) in [6, 6.07) is 0. The van der Waals surface area contributed by atoms with E-state index in [0.29, 0.717) is 37.7 Å². The second-order valence-electron chi connectivity index (χ2n) is 9.10. The molecule has 0 amide bonds. The predicted molar refractivity (Wildman–Crippen MR) is 92.9 cm³/mol. The molecule has 0 N–H and O–H groups in total. The van der Waals surface area contributed by atoms with Crippen molar-refractivity contribution < 1.29 is 28.6 Å². The van der Waals surface area contributed by atoms with Crippen LogP contribution < -0.4 is 0 Å². The summed E-state index contributed by atoms with van der Waals surface area (Å²) in [7, 11) is 4.15. The standard InChI is InChI=1S/C20H28O6/c1-13(14(21)24-3)6-18-7-17(2)8-19(10-18,15(22)25-4)12-20(9-17,11-18)16(23)26-5/h6H,7-12H2,1-5H3/b13-6+. The molecule has 0 heterocycles. The molecule has 2 atom stereocenters. The molecule has 26 heavy (non-hydrogen) atoms. The van der Waals surface area contributed by atoms with Gasteiger partial charge >= 0.3 is 17.9 Å². The van der Waals surface area contributed by atoms with Gasteiger partial charge in [-0.3, -0.25) is 9.59 Å². The van der Waals surface area contributed by atoms with Crippen LogP contribution in [0.1, 0.15) is 52.4 Å². The number of carbonyl (C=O) groups is 3. The van der Waals surface area contributed by atoms with Crippen LogP contribution in [0, 0.1) is 21.7 Å². The van der Waals surface area contributed by atoms with Crippen LogP contribution in [0.5, 0.6) is 0 Å². The quantitative estimate of drug-likeness (QED) is 0.434. The third kappa shape index (κ3) is 2.65. The van der Waals surface area contributed by atoms with Crippen LogP contribution in [0.2, 0.25) is 0 Å². The van der Waals surface area contributed by atoms with Gasteiger partial charge < -0.3 is 14.2 Å². The number of hydrogen-bond acceptors (Lipinski definition) is 6. The highest BCUT2D eigenvalue weighted by atomic mass is 16.5.